The monoisotopic (exact) mass is 153 g/mol. The molecule has 0 bridgehead atoms. The zero-order valence-corrected chi connectivity index (χ0v) is 7.57. The minimum absolute atomic E-state index is 0. The van der Waals surface area contributed by atoms with Crippen LogP contribution in [0.15, 0.2) is 12.7 Å². The molecule has 0 unspecified atom stereocenters. The van der Waals surface area contributed by atoms with Gasteiger partial charge in [0.2, 0.25) is 0 Å². The van der Waals surface area contributed by atoms with Crippen LogP contribution >= 0.6 is 0 Å². The van der Waals surface area contributed by atoms with Crippen LogP contribution in [0.3, 0.4) is 0 Å². The molecule has 0 atom stereocenters. The predicted octanol–water partition coefficient (Wildman–Crippen LogP) is -0.423. The molecular formula is C5H6NaO4. The first kappa shape index (κ1) is 12.4. The van der Waals surface area contributed by atoms with Crippen molar-refractivity contribution in [3.63, 3.8) is 0 Å². The van der Waals surface area contributed by atoms with Crippen molar-refractivity contribution in [2.24, 2.45) is 5.92 Å². The van der Waals surface area contributed by atoms with Crippen LogP contribution < -0.4 is 0 Å². The molecule has 4 nitrogen and oxygen atoms in total. The Hall–Kier alpha value is -0.320. The van der Waals surface area contributed by atoms with Gasteiger partial charge in [-0.3, -0.25) is 9.59 Å². The van der Waals surface area contributed by atoms with Crippen molar-refractivity contribution < 1.29 is 19.8 Å². The molecule has 0 aliphatic rings. The molecular weight excluding hydrogens is 147 g/mol. The van der Waals surface area contributed by atoms with Crippen molar-refractivity contribution in [2.45, 2.75) is 0 Å². The summed E-state index contributed by atoms with van der Waals surface area (Å²) in [4.78, 5) is 19.8. The number of rotatable bonds is 3. The fourth-order valence-electron chi connectivity index (χ4n) is 0.307. The molecule has 0 aromatic carbocycles. The van der Waals surface area contributed by atoms with E-state index in [0.29, 0.717) is 0 Å². The topological polar surface area (TPSA) is 74.6 Å². The van der Waals surface area contributed by atoms with Crippen molar-refractivity contribution in [3.05, 3.63) is 12.7 Å². The van der Waals surface area contributed by atoms with Crippen LogP contribution in [0.2, 0.25) is 0 Å². The fourth-order valence-corrected chi connectivity index (χ4v) is 0.307. The summed E-state index contributed by atoms with van der Waals surface area (Å²) in [6.45, 7) is 3.04. The first-order valence-corrected chi connectivity index (χ1v) is 2.17. The van der Waals surface area contributed by atoms with Crippen LogP contribution in [0.4, 0.5) is 0 Å². The number of carboxylic acids is 2. The molecule has 0 saturated carbocycles. The van der Waals surface area contributed by atoms with Gasteiger partial charge in [-0.15, -0.1) is 6.58 Å². The molecule has 0 heterocycles. The van der Waals surface area contributed by atoms with Crippen LogP contribution in [-0.2, 0) is 9.59 Å². The van der Waals surface area contributed by atoms with Crippen LogP contribution in [0.25, 0.3) is 0 Å². The molecule has 5 heteroatoms. The van der Waals surface area contributed by atoms with Gasteiger partial charge in [-0.1, -0.05) is 6.08 Å². The number of aliphatic carboxylic acids is 2. The summed E-state index contributed by atoms with van der Waals surface area (Å²) in [6, 6.07) is 0. The molecule has 10 heavy (non-hydrogen) atoms. The molecule has 0 aromatic heterocycles. The van der Waals surface area contributed by atoms with Gasteiger partial charge in [0.1, 0.15) is 0 Å². The minimum atomic E-state index is -1.48. The van der Waals surface area contributed by atoms with E-state index >= 15 is 0 Å². The van der Waals surface area contributed by atoms with Gasteiger partial charge in [-0.05, 0) is 0 Å². The van der Waals surface area contributed by atoms with Gasteiger partial charge >= 0.3 is 11.9 Å². The summed E-state index contributed by atoms with van der Waals surface area (Å²) < 4.78 is 0. The Kier molecular flexibility index (Phi) is 6.76. The van der Waals surface area contributed by atoms with Gasteiger partial charge in [0.05, 0.1) is 0 Å². The maximum atomic E-state index is 9.92. The molecule has 0 amide bonds. The standard InChI is InChI=1S/C5H6O4.Na/c1-2-3(4(6)7)5(8)9;/h2-3H,1H2,(H,6,7)(H,8,9);. The number of hydrogen-bond acceptors (Lipinski definition) is 2. The fraction of sp³-hybridized carbons (Fsp3) is 0.200. The summed E-state index contributed by atoms with van der Waals surface area (Å²) in [7, 11) is 0. The van der Waals surface area contributed by atoms with Crippen LogP contribution in [0, 0.1) is 5.92 Å². The normalized spacial score (nSPS) is 8.10. The summed E-state index contributed by atoms with van der Waals surface area (Å²) in [6.07, 6.45) is 0.866. The molecule has 1 radical (unpaired) electrons. The van der Waals surface area contributed by atoms with E-state index in [2.05, 4.69) is 6.58 Å². The first-order valence-electron chi connectivity index (χ1n) is 2.17. The maximum Gasteiger partial charge on any atom is 0.321 e. The summed E-state index contributed by atoms with van der Waals surface area (Å²) in [5, 5.41) is 16.2. The molecule has 0 rings (SSSR count). The number of hydrogen-bond donors (Lipinski definition) is 2. The Bertz CT molecular complexity index is 140. The molecule has 0 spiro atoms. The van der Waals surface area contributed by atoms with E-state index in [1.54, 1.807) is 0 Å². The van der Waals surface area contributed by atoms with Gasteiger partial charge in [0.25, 0.3) is 0 Å². The van der Waals surface area contributed by atoms with Crippen LogP contribution in [-0.4, -0.2) is 51.7 Å². The second-order valence-electron chi connectivity index (χ2n) is 1.39. The van der Waals surface area contributed by atoms with Gasteiger partial charge < -0.3 is 10.2 Å². The predicted molar refractivity (Wildman–Crippen MR) is 34.7 cm³/mol. The van der Waals surface area contributed by atoms with E-state index < -0.39 is 17.9 Å². The van der Waals surface area contributed by atoms with Gasteiger partial charge in [0.15, 0.2) is 5.92 Å². The van der Waals surface area contributed by atoms with Crippen LogP contribution in [0.5, 0.6) is 0 Å². The van der Waals surface area contributed by atoms with E-state index in [1.165, 1.54) is 0 Å². The molecule has 51 valence electrons. The Morgan fingerprint density at radius 3 is 1.60 bits per heavy atom. The van der Waals surface area contributed by atoms with Gasteiger partial charge in [0, 0.05) is 29.6 Å². The molecule has 2 N–H and O–H groups in total. The molecule has 0 aliphatic heterocycles. The average molecular weight is 153 g/mol. The second kappa shape index (κ2) is 5.46. The Morgan fingerprint density at radius 1 is 1.30 bits per heavy atom. The van der Waals surface area contributed by atoms with Gasteiger partial charge in [-0.2, -0.15) is 0 Å². The molecule has 0 aromatic rings. The average Bonchev–Trinajstić information content (AvgIpc) is 1.64. The Morgan fingerprint density at radius 2 is 1.60 bits per heavy atom. The van der Waals surface area contributed by atoms with Crippen molar-refractivity contribution in [2.75, 3.05) is 0 Å². The number of carboxylic acid groups (broad SMARTS) is 2. The third-order valence-corrected chi connectivity index (χ3v) is 0.768. The third-order valence-electron chi connectivity index (χ3n) is 0.768. The summed E-state index contributed by atoms with van der Waals surface area (Å²) in [5.74, 6) is -4.26. The molecule has 0 fully saturated rings. The molecule has 0 aliphatic carbocycles. The zero-order chi connectivity index (χ0) is 7.44. The van der Waals surface area contributed by atoms with E-state index in [0.717, 1.165) is 6.08 Å². The van der Waals surface area contributed by atoms with E-state index in [9.17, 15) is 9.59 Å². The molecule has 0 saturated heterocycles. The van der Waals surface area contributed by atoms with Crippen molar-refractivity contribution >= 4 is 41.5 Å². The third kappa shape index (κ3) is 3.66. The maximum absolute atomic E-state index is 9.92. The smallest absolute Gasteiger partial charge is 0.321 e. The van der Waals surface area contributed by atoms with E-state index in [4.69, 9.17) is 10.2 Å². The Labute approximate surface area is 79.8 Å². The van der Waals surface area contributed by atoms with Crippen molar-refractivity contribution in [1.29, 1.82) is 0 Å². The summed E-state index contributed by atoms with van der Waals surface area (Å²) >= 11 is 0. The van der Waals surface area contributed by atoms with E-state index in [-0.39, 0.29) is 29.6 Å². The van der Waals surface area contributed by atoms with E-state index in [1.807, 2.05) is 0 Å². The minimum Gasteiger partial charge on any atom is -0.480 e. The van der Waals surface area contributed by atoms with Gasteiger partial charge in [-0.25, -0.2) is 0 Å². The zero-order valence-electron chi connectivity index (χ0n) is 5.57. The summed E-state index contributed by atoms with van der Waals surface area (Å²) in [5.41, 5.74) is 0. The van der Waals surface area contributed by atoms with Crippen LogP contribution in [0.1, 0.15) is 0 Å². The first-order chi connectivity index (χ1) is 4.09. The largest absolute Gasteiger partial charge is 0.480 e. The quantitative estimate of drug-likeness (QED) is 0.328. The SMILES string of the molecule is C=CC(C(=O)O)C(=O)O.[Na]. The number of carbonyl (C=O) groups is 2. The van der Waals surface area contributed by atoms with Crippen molar-refractivity contribution in [3.8, 4) is 0 Å². The second-order valence-corrected chi connectivity index (χ2v) is 1.39. The Balaban J connectivity index is 0. The van der Waals surface area contributed by atoms with Crippen molar-refractivity contribution in [1.82, 2.24) is 0 Å².